The number of carbonyl (C=O) groups is 2. The largest absolute Gasteiger partial charge is 0.453 e. The van der Waals surface area contributed by atoms with Gasteiger partial charge in [0.25, 0.3) is 5.91 Å². The van der Waals surface area contributed by atoms with Crippen LogP contribution in [-0.2, 0) is 31.7 Å². The van der Waals surface area contributed by atoms with E-state index in [0.717, 1.165) is 11.3 Å². The second-order valence-electron chi connectivity index (χ2n) is 7.72. The molecule has 1 aromatic heterocycles. The Balaban J connectivity index is 1.52. The molecule has 1 heterocycles. The molecule has 9 heteroatoms. The maximum absolute atomic E-state index is 12.4. The van der Waals surface area contributed by atoms with E-state index in [-0.39, 0.29) is 22.3 Å². The average Bonchev–Trinajstić information content (AvgIpc) is 3.26. The lowest BCUT2D eigenvalue weighted by Crippen LogP contribution is -2.30. The van der Waals surface area contributed by atoms with Gasteiger partial charge in [-0.2, -0.15) is 0 Å². The molecule has 0 atom stereocenters. The minimum Gasteiger partial charge on any atom is -0.453 e. The highest BCUT2D eigenvalue weighted by Gasteiger charge is 2.21. The molecule has 3 aromatic rings. The van der Waals surface area contributed by atoms with Crippen LogP contribution in [-0.4, -0.2) is 52.9 Å². The van der Waals surface area contributed by atoms with Crippen LogP contribution < -0.4 is 4.90 Å². The standard InChI is InChI=1S/C24H26N2O6S/c1-25(2)19-11-9-18(10-12-19)15-26(3)23(27)16-31-24(28)22-14-13-20(32-22)17-33(29,30)21-7-5-4-6-8-21/h4-14H,15-17H2,1-3H3. The molecule has 0 fully saturated rings. The zero-order chi connectivity index (χ0) is 24.0. The van der Waals surface area contributed by atoms with E-state index in [2.05, 4.69) is 0 Å². The summed E-state index contributed by atoms with van der Waals surface area (Å²) in [5, 5.41) is 0. The predicted octanol–water partition coefficient (Wildman–Crippen LogP) is 3.13. The molecule has 0 saturated carbocycles. The number of nitrogens with zero attached hydrogens (tertiary/aromatic N) is 2. The summed E-state index contributed by atoms with van der Waals surface area (Å²) >= 11 is 0. The van der Waals surface area contributed by atoms with Crippen LogP contribution in [0.4, 0.5) is 5.69 Å². The summed E-state index contributed by atoms with van der Waals surface area (Å²) < 4.78 is 35.3. The Labute approximate surface area is 193 Å². The molecule has 3 rings (SSSR count). The fourth-order valence-electron chi connectivity index (χ4n) is 3.03. The van der Waals surface area contributed by atoms with Crippen LogP contribution in [0.3, 0.4) is 0 Å². The Bertz CT molecular complexity index is 1200. The van der Waals surface area contributed by atoms with Crippen molar-refractivity contribution in [1.29, 1.82) is 0 Å². The van der Waals surface area contributed by atoms with Crippen molar-refractivity contribution >= 4 is 27.4 Å². The van der Waals surface area contributed by atoms with Gasteiger partial charge in [-0.15, -0.1) is 0 Å². The first-order chi connectivity index (χ1) is 15.7. The number of esters is 1. The summed E-state index contributed by atoms with van der Waals surface area (Å²) in [5.74, 6) is -1.66. The van der Waals surface area contributed by atoms with Gasteiger partial charge in [0.1, 0.15) is 11.5 Å². The van der Waals surface area contributed by atoms with Crippen molar-refractivity contribution in [2.24, 2.45) is 0 Å². The summed E-state index contributed by atoms with van der Waals surface area (Å²) in [6, 6.07) is 18.5. The van der Waals surface area contributed by atoms with Gasteiger partial charge in [0.15, 0.2) is 16.4 Å². The van der Waals surface area contributed by atoms with Crippen LogP contribution in [0.15, 0.2) is 76.0 Å². The molecule has 0 saturated heterocycles. The number of ether oxygens (including phenoxy) is 1. The maximum Gasteiger partial charge on any atom is 0.374 e. The molecular formula is C24H26N2O6S. The van der Waals surface area contributed by atoms with Crippen LogP contribution in [0.1, 0.15) is 21.9 Å². The summed E-state index contributed by atoms with van der Waals surface area (Å²) in [6.45, 7) is -0.0875. The molecule has 33 heavy (non-hydrogen) atoms. The number of benzene rings is 2. The van der Waals surface area contributed by atoms with Gasteiger partial charge < -0.3 is 19.0 Å². The zero-order valence-corrected chi connectivity index (χ0v) is 19.5. The van der Waals surface area contributed by atoms with E-state index in [1.165, 1.54) is 29.2 Å². The van der Waals surface area contributed by atoms with Gasteiger partial charge in [0.05, 0.1) is 4.90 Å². The highest BCUT2D eigenvalue weighted by Crippen LogP contribution is 2.19. The topological polar surface area (TPSA) is 97.1 Å². The summed E-state index contributed by atoms with van der Waals surface area (Å²) in [7, 11) is 1.91. The van der Waals surface area contributed by atoms with E-state index < -0.39 is 28.2 Å². The number of furan rings is 1. The number of carbonyl (C=O) groups excluding carboxylic acids is 2. The Morgan fingerprint density at radius 1 is 0.909 bits per heavy atom. The summed E-state index contributed by atoms with van der Waals surface area (Å²) in [5.41, 5.74) is 1.99. The summed E-state index contributed by atoms with van der Waals surface area (Å²) in [6.07, 6.45) is 0. The van der Waals surface area contributed by atoms with Crippen LogP contribution >= 0.6 is 0 Å². The first-order valence-electron chi connectivity index (χ1n) is 10.2. The number of hydrogen-bond acceptors (Lipinski definition) is 7. The van der Waals surface area contributed by atoms with Crippen LogP contribution in [0.25, 0.3) is 0 Å². The minimum atomic E-state index is -3.61. The first kappa shape index (κ1) is 24.1. The number of rotatable bonds is 9. The van der Waals surface area contributed by atoms with Crippen molar-refractivity contribution in [3.8, 4) is 0 Å². The molecule has 0 N–H and O–H groups in total. The van der Waals surface area contributed by atoms with Gasteiger partial charge in [-0.1, -0.05) is 30.3 Å². The normalized spacial score (nSPS) is 11.1. The lowest BCUT2D eigenvalue weighted by atomic mass is 10.2. The van der Waals surface area contributed by atoms with Gasteiger partial charge in [-0.3, -0.25) is 4.79 Å². The molecule has 1 amide bonds. The van der Waals surface area contributed by atoms with E-state index >= 15 is 0 Å². The fourth-order valence-corrected chi connectivity index (χ4v) is 4.30. The molecule has 174 valence electrons. The van der Waals surface area contributed by atoms with Crippen molar-refractivity contribution in [3.63, 3.8) is 0 Å². The van der Waals surface area contributed by atoms with Gasteiger partial charge in [0, 0.05) is 33.4 Å². The molecule has 0 spiro atoms. The predicted molar refractivity (Wildman–Crippen MR) is 124 cm³/mol. The third kappa shape index (κ3) is 6.45. The molecule has 0 aliphatic rings. The Hall–Kier alpha value is -3.59. The van der Waals surface area contributed by atoms with Gasteiger partial charge in [-0.05, 0) is 42.0 Å². The van der Waals surface area contributed by atoms with Crippen molar-refractivity contribution in [3.05, 3.63) is 83.8 Å². The lowest BCUT2D eigenvalue weighted by Gasteiger charge is -2.18. The molecule has 0 radical (unpaired) electrons. The summed E-state index contributed by atoms with van der Waals surface area (Å²) in [4.78, 5) is 28.2. The molecule has 0 aliphatic carbocycles. The highest BCUT2D eigenvalue weighted by molar-refractivity contribution is 7.90. The average molecular weight is 471 g/mol. The van der Waals surface area contributed by atoms with Crippen LogP contribution in [0.2, 0.25) is 0 Å². The Morgan fingerprint density at radius 2 is 1.58 bits per heavy atom. The number of sulfone groups is 1. The van der Waals surface area contributed by atoms with Crippen molar-refractivity contribution in [2.45, 2.75) is 17.2 Å². The Morgan fingerprint density at radius 3 is 2.21 bits per heavy atom. The number of hydrogen-bond donors (Lipinski definition) is 0. The minimum absolute atomic E-state index is 0.107. The van der Waals surface area contributed by atoms with Crippen LogP contribution in [0.5, 0.6) is 0 Å². The molecule has 0 bridgehead atoms. The highest BCUT2D eigenvalue weighted by atomic mass is 32.2. The second-order valence-corrected chi connectivity index (χ2v) is 9.71. The molecule has 0 unspecified atom stereocenters. The van der Waals surface area contributed by atoms with Crippen LogP contribution in [0, 0.1) is 0 Å². The SMILES string of the molecule is CN(Cc1ccc(N(C)C)cc1)C(=O)COC(=O)c1ccc(CS(=O)(=O)c2ccccc2)o1. The maximum atomic E-state index is 12.4. The van der Waals surface area contributed by atoms with E-state index in [9.17, 15) is 18.0 Å². The molecule has 0 aliphatic heterocycles. The lowest BCUT2D eigenvalue weighted by molar-refractivity contribution is -0.133. The third-order valence-electron chi connectivity index (χ3n) is 4.92. The van der Waals surface area contributed by atoms with E-state index in [4.69, 9.17) is 9.15 Å². The number of likely N-dealkylation sites (N-methyl/N-ethyl adjacent to an activating group) is 1. The molecule has 8 nitrogen and oxygen atoms in total. The first-order valence-corrected chi connectivity index (χ1v) is 11.8. The smallest absolute Gasteiger partial charge is 0.374 e. The quantitative estimate of drug-likeness (QED) is 0.443. The van der Waals surface area contributed by atoms with Gasteiger partial charge in [-0.25, -0.2) is 13.2 Å². The van der Waals surface area contributed by atoms with E-state index in [1.54, 1.807) is 25.2 Å². The monoisotopic (exact) mass is 470 g/mol. The molecule has 2 aromatic carbocycles. The third-order valence-corrected chi connectivity index (χ3v) is 6.58. The Kier molecular flexibility index (Phi) is 7.55. The van der Waals surface area contributed by atoms with E-state index in [0.29, 0.717) is 6.54 Å². The van der Waals surface area contributed by atoms with E-state index in [1.807, 2.05) is 43.3 Å². The number of amides is 1. The number of anilines is 1. The van der Waals surface area contributed by atoms with Crippen molar-refractivity contribution in [1.82, 2.24) is 4.90 Å². The van der Waals surface area contributed by atoms with Gasteiger partial charge in [0.2, 0.25) is 5.76 Å². The molecular weight excluding hydrogens is 444 g/mol. The van der Waals surface area contributed by atoms with Crippen molar-refractivity contribution in [2.75, 3.05) is 32.6 Å². The fraction of sp³-hybridized carbons (Fsp3) is 0.250. The second kappa shape index (κ2) is 10.4. The van der Waals surface area contributed by atoms with Crippen molar-refractivity contribution < 1.29 is 27.2 Å². The zero-order valence-electron chi connectivity index (χ0n) is 18.7. The van der Waals surface area contributed by atoms with Gasteiger partial charge >= 0.3 is 5.97 Å².